The largest absolute Gasteiger partial charge is 0.598 e. The molecule has 4 nitrogen and oxygen atoms in total. The molecule has 1 rings (SSSR count). The van der Waals surface area contributed by atoms with Gasteiger partial charge in [-0.05, 0) is 49.7 Å². The molecule has 0 aromatic carbocycles. The summed E-state index contributed by atoms with van der Waals surface area (Å²) >= 11 is 1.28. The highest BCUT2D eigenvalue weighted by Crippen LogP contribution is 2.36. The van der Waals surface area contributed by atoms with E-state index in [-0.39, 0.29) is 5.56 Å². The molecule has 0 spiro atoms. The number of hydrogen-bond donors (Lipinski definition) is 2. The van der Waals surface area contributed by atoms with Crippen LogP contribution >= 0.6 is 15.9 Å². The normalized spacial score (nSPS) is 18.1. The lowest BCUT2D eigenvalue weighted by Crippen LogP contribution is -2.53. The molecule has 0 saturated carbocycles. The van der Waals surface area contributed by atoms with Crippen molar-refractivity contribution in [1.29, 1.82) is 0 Å². The summed E-state index contributed by atoms with van der Waals surface area (Å²) in [6.45, 7) is 6.10. The molecular formula is C14H19BrF4N2O2S. The molecule has 0 fully saturated rings. The van der Waals surface area contributed by atoms with Crippen LogP contribution in [0.25, 0.3) is 0 Å². The van der Waals surface area contributed by atoms with Crippen molar-refractivity contribution in [3.8, 4) is 0 Å². The molecule has 1 aromatic heterocycles. The van der Waals surface area contributed by atoms with E-state index in [1.54, 1.807) is 20.8 Å². The second-order valence-corrected chi connectivity index (χ2v) is 9.45. The lowest BCUT2D eigenvalue weighted by Gasteiger charge is -2.36. The molecule has 0 amide bonds. The standard InChI is InChI=1S/C14H19BrF4N2O2S/c1-12(2,3)24(23)21-13(4,6-10(22)14(17,18)19)9-5-8(15)7-20-11(9)16/h5,7,10,21-22H,6H2,1-4H3/t10-,13?,24?/m0/s1. The van der Waals surface area contributed by atoms with E-state index < -0.39 is 46.3 Å². The van der Waals surface area contributed by atoms with Gasteiger partial charge in [0.25, 0.3) is 0 Å². The van der Waals surface area contributed by atoms with E-state index in [0.717, 1.165) is 6.20 Å². The van der Waals surface area contributed by atoms with Crippen molar-refractivity contribution in [2.75, 3.05) is 0 Å². The van der Waals surface area contributed by atoms with Crippen molar-refractivity contribution in [1.82, 2.24) is 9.71 Å². The number of alkyl halides is 3. The number of nitrogens with zero attached hydrogens (tertiary/aromatic N) is 1. The van der Waals surface area contributed by atoms with Gasteiger partial charge in [-0.3, -0.25) is 0 Å². The fourth-order valence-electron chi connectivity index (χ4n) is 1.88. The monoisotopic (exact) mass is 434 g/mol. The molecule has 0 radical (unpaired) electrons. The summed E-state index contributed by atoms with van der Waals surface area (Å²) in [5.41, 5.74) is -1.98. The van der Waals surface area contributed by atoms with Crippen LogP contribution in [0.15, 0.2) is 16.7 Å². The van der Waals surface area contributed by atoms with E-state index in [9.17, 15) is 27.2 Å². The molecule has 10 heteroatoms. The molecule has 0 aliphatic rings. The zero-order chi connectivity index (χ0) is 18.9. The molecule has 1 heterocycles. The molecule has 0 aliphatic heterocycles. The summed E-state index contributed by atoms with van der Waals surface area (Å²) in [7, 11) is 0. The number of aliphatic hydroxyl groups excluding tert-OH is 1. The van der Waals surface area contributed by atoms with Crippen LogP contribution in [0.4, 0.5) is 17.6 Å². The third kappa shape index (κ3) is 5.55. The summed E-state index contributed by atoms with van der Waals surface area (Å²) in [6, 6.07) is 1.25. The fourth-order valence-corrected chi connectivity index (χ4v) is 3.12. The molecule has 1 aromatic rings. The minimum atomic E-state index is -4.89. The summed E-state index contributed by atoms with van der Waals surface area (Å²) in [6.07, 6.45) is -7.37. The number of rotatable bonds is 5. The highest BCUT2D eigenvalue weighted by Gasteiger charge is 2.47. The van der Waals surface area contributed by atoms with Gasteiger partial charge < -0.3 is 9.66 Å². The maximum absolute atomic E-state index is 14.1. The van der Waals surface area contributed by atoms with Gasteiger partial charge in [0.2, 0.25) is 5.95 Å². The van der Waals surface area contributed by atoms with Crippen LogP contribution in [-0.4, -0.2) is 31.7 Å². The van der Waals surface area contributed by atoms with Crippen molar-refractivity contribution >= 4 is 27.3 Å². The zero-order valence-corrected chi connectivity index (χ0v) is 15.9. The zero-order valence-electron chi connectivity index (χ0n) is 13.5. The predicted octanol–water partition coefficient (Wildman–Crippen LogP) is 3.56. The third-order valence-electron chi connectivity index (χ3n) is 3.25. The van der Waals surface area contributed by atoms with Crippen molar-refractivity contribution in [2.45, 2.75) is 56.7 Å². The van der Waals surface area contributed by atoms with Gasteiger partial charge in [0.1, 0.15) is 4.75 Å². The molecule has 138 valence electrons. The first-order valence-corrected chi connectivity index (χ1v) is 8.87. The number of hydrogen-bond acceptors (Lipinski definition) is 4. The van der Waals surface area contributed by atoms with Crippen LogP contribution in [0.2, 0.25) is 0 Å². The smallest absolute Gasteiger partial charge is 0.414 e. The molecule has 2 unspecified atom stereocenters. The quantitative estimate of drug-likeness (QED) is 0.422. The Labute approximate surface area is 149 Å². The van der Waals surface area contributed by atoms with E-state index in [0.29, 0.717) is 4.47 Å². The first-order chi connectivity index (χ1) is 10.7. The average Bonchev–Trinajstić information content (AvgIpc) is 2.39. The SMILES string of the molecule is CC(C[C@H](O)C(F)(F)F)(N[S+]([O-])C(C)(C)C)c1cc(Br)cnc1F. The van der Waals surface area contributed by atoms with E-state index in [4.69, 9.17) is 0 Å². The number of aliphatic hydroxyl groups is 1. The topological polar surface area (TPSA) is 68.2 Å². The number of aromatic nitrogens is 1. The second-order valence-electron chi connectivity index (χ2n) is 6.57. The van der Waals surface area contributed by atoms with Crippen LogP contribution in [0.3, 0.4) is 0 Å². The van der Waals surface area contributed by atoms with Crippen molar-refractivity contribution in [3.05, 3.63) is 28.2 Å². The predicted molar refractivity (Wildman–Crippen MR) is 87.0 cm³/mol. The molecule has 2 N–H and O–H groups in total. The number of nitrogens with one attached hydrogen (secondary N) is 1. The van der Waals surface area contributed by atoms with Gasteiger partial charge in [0, 0.05) is 34.0 Å². The fraction of sp³-hybridized carbons (Fsp3) is 0.643. The van der Waals surface area contributed by atoms with Gasteiger partial charge in [-0.2, -0.15) is 17.6 Å². The summed E-state index contributed by atoms with van der Waals surface area (Å²) < 4.78 is 66.9. The van der Waals surface area contributed by atoms with E-state index in [1.807, 2.05) is 0 Å². The summed E-state index contributed by atoms with van der Waals surface area (Å²) in [5.74, 6) is -1.01. The van der Waals surface area contributed by atoms with E-state index in [2.05, 4.69) is 25.6 Å². The first-order valence-electron chi connectivity index (χ1n) is 6.93. The average molecular weight is 435 g/mol. The van der Waals surface area contributed by atoms with Gasteiger partial charge in [-0.15, -0.1) is 4.72 Å². The Morgan fingerprint density at radius 3 is 2.33 bits per heavy atom. The summed E-state index contributed by atoms with van der Waals surface area (Å²) in [4.78, 5) is 3.47. The van der Waals surface area contributed by atoms with Crippen LogP contribution in [0, 0.1) is 5.95 Å². The molecular weight excluding hydrogens is 416 g/mol. The Morgan fingerprint density at radius 1 is 1.33 bits per heavy atom. The van der Waals surface area contributed by atoms with Gasteiger partial charge in [-0.25, -0.2) is 4.98 Å². The Hall–Kier alpha value is -0.420. The van der Waals surface area contributed by atoms with Crippen molar-refractivity contribution in [3.63, 3.8) is 0 Å². The summed E-state index contributed by atoms with van der Waals surface area (Å²) in [5, 5.41) is 9.44. The van der Waals surface area contributed by atoms with Gasteiger partial charge in [0.15, 0.2) is 6.10 Å². The van der Waals surface area contributed by atoms with Crippen LogP contribution in [0.1, 0.15) is 39.7 Å². The minimum Gasteiger partial charge on any atom is -0.598 e. The van der Waals surface area contributed by atoms with Gasteiger partial charge in [-0.1, -0.05) is 0 Å². The molecule has 3 atom stereocenters. The molecule has 24 heavy (non-hydrogen) atoms. The lowest BCUT2D eigenvalue weighted by atomic mass is 9.88. The molecule has 0 bridgehead atoms. The lowest BCUT2D eigenvalue weighted by molar-refractivity contribution is -0.209. The number of halogens is 5. The van der Waals surface area contributed by atoms with E-state index in [1.165, 1.54) is 13.0 Å². The highest BCUT2D eigenvalue weighted by molar-refractivity contribution is 9.10. The Morgan fingerprint density at radius 2 is 1.88 bits per heavy atom. The van der Waals surface area contributed by atoms with Crippen molar-refractivity contribution < 1.29 is 27.2 Å². The van der Waals surface area contributed by atoms with E-state index >= 15 is 0 Å². The second kappa shape index (κ2) is 7.45. The van der Waals surface area contributed by atoms with Crippen LogP contribution < -0.4 is 4.72 Å². The molecule has 0 saturated heterocycles. The molecule has 0 aliphatic carbocycles. The minimum absolute atomic E-state index is 0.224. The first kappa shape index (κ1) is 21.6. The Kier molecular flexibility index (Phi) is 6.71. The van der Waals surface area contributed by atoms with Gasteiger partial charge >= 0.3 is 6.18 Å². The van der Waals surface area contributed by atoms with Crippen LogP contribution in [0.5, 0.6) is 0 Å². The number of pyridine rings is 1. The van der Waals surface area contributed by atoms with Crippen LogP contribution in [-0.2, 0) is 16.9 Å². The third-order valence-corrected chi connectivity index (χ3v) is 5.44. The van der Waals surface area contributed by atoms with Gasteiger partial charge in [0.05, 0.1) is 5.54 Å². The maximum atomic E-state index is 14.1. The van der Waals surface area contributed by atoms with Crippen molar-refractivity contribution in [2.24, 2.45) is 0 Å². The maximum Gasteiger partial charge on any atom is 0.414 e. The Balaban J connectivity index is 3.32. The highest BCUT2D eigenvalue weighted by atomic mass is 79.9. The Bertz CT molecular complexity index is 559.